The van der Waals surface area contributed by atoms with Gasteiger partial charge in [-0.2, -0.15) is 0 Å². The van der Waals surface area contributed by atoms with Crippen molar-refractivity contribution >= 4 is 11.6 Å². The zero-order valence-corrected chi connectivity index (χ0v) is 19.4. The van der Waals surface area contributed by atoms with E-state index in [1.54, 1.807) is 0 Å². The van der Waals surface area contributed by atoms with Crippen molar-refractivity contribution in [1.82, 2.24) is 5.32 Å². The number of ketones is 2. The third-order valence-electron chi connectivity index (χ3n) is 8.78. The molecule has 3 rings (SSSR count). The van der Waals surface area contributed by atoms with Crippen molar-refractivity contribution in [1.29, 1.82) is 0 Å². The summed E-state index contributed by atoms with van der Waals surface area (Å²) >= 11 is 0. The quantitative estimate of drug-likeness (QED) is 0.436. The van der Waals surface area contributed by atoms with Gasteiger partial charge < -0.3 is 10.4 Å². The summed E-state index contributed by atoms with van der Waals surface area (Å²) < 4.78 is 0. The molecule has 166 valence electrons. The molecule has 2 saturated carbocycles. The van der Waals surface area contributed by atoms with Crippen molar-refractivity contribution in [3.05, 3.63) is 35.3 Å². The van der Waals surface area contributed by atoms with Crippen LogP contribution in [0.25, 0.3) is 0 Å². The molecule has 4 heteroatoms. The number of aliphatic hydroxyl groups is 1. The van der Waals surface area contributed by atoms with Gasteiger partial charge in [-0.3, -0.25) is 9.59 Å². The number of hydrogen-bond acceptors (Lipinski definition) is 4. The number of rotatable bonds is 6. The van der Waals surface area contributed by atoms with Crippen molar-refractivity contribution in [3.8, 4) is 0 Å². The third kappa shape index (κ3) is 3.78. The van der Waals surface area contributed by atoms with Gasteiger partial charge in [-0.1, -0.05) is 53.2 Å². The maximum Gasteiger partial charge on any atom is 0.222 e. The van der Waals surface area contributed by atoms with Crippen LogP contribution in [0.15, 0.2) is 35.3 Å². The maximum absolute atomic E-state index is 13.3. The van der Waals surface area contributed by atoms with Crippen LogP contribution in [0.3, 0.4) is 0 Å². The Kier molecular flexibility index (Phi) is 6.36. The molecule has 0 unspecified atom stereocenters. The van der Waals surface area contributed by atoms with E-state index in [0.29, 0.717) is 42.0 Å². The zero-order valence-electron chi connectivity index (χ0n) is 19.4. The molecular weight excluding hydrogens is 374 g/mol. The van der Waals surface area contributed by atoms with Gasteiger partial charge in [0.1, 0.15) is 0 Å². The van der Waals surface area contributed by atoms with E-state index in [9.17, 15) is 14.7 Å². The first kappa shape index (κ1) is 22.8. The van der Waals surface area contributed by atoms with Crippen molar-refractivity contribution in [2.75, 3.05) is 6.54 Å². The molecule has 0 heterocycles. The van der Waals surface area contributed by atoms with Crippen LogP contribution in [0.2, 0.25) is 0 Å². The van der Waals surface area contributed by atoms with Crippen LogP contribution in [-0.4, -0.2) is 23.2 Å². The molecule has 0 saturated heterocycles. The predicted octanol–water partition coefficient (Wildman–Crippen LogP) is 5.66. The van der Waals surface area contributed by atoms with Crippen molar-refractivity contribution in [3.63, 3.8) is 0 Å². The number of allylic oxidation sites excluding steroid dienone is 3. The zero-order chi connectivity index (χ0) is 22.3. The summed E-state index contributed by atoms with van der Waals surface area (Å²) in [4.78, 5) is 25.8. The van der Waals surface area contributed by atoms with Crippen LogP contribution >= 0.6 is 0 Å². The molecule has 3 aliphatic carbocycles. The monoisotopic (exact) mass is 413 g/mol. The topological polar surface area (TPSA) is 66.4 Å². The summed E-state index contributed by atoms with van der Waals surface area (Å²) in [6.45, 7) is 16.1. The van der Waals surface area contributed by atoms with Crippen LogP contribution < -0.4 is 5.32 Å². The summed E-state index contributed by atoms with van der Waals surface area (Å²) in [6, 6.07) is 0. The van der Waals surface area contributed by atoms with E-state index < -0.39 is 5.78 Å². The highest BCUT2D eigenvalue weighted by atomic mass is 16.3. The molecule has 3 aliphatic rings. The van der Waals surface area contributed by atoms with Gasteiger partial charge in [0.15, 0.2) is 5.76 Å². The lowest BCUT2D eigenvalue weighted by atomic mass is 9.46. The van der Waals surface area contributed by atoms with Crippen molar-refractivity contribution < 1.29 is 14.7 Å². The Hall–Kier alpha value is -1.84. The number of carbonyl (C=O) groups is 2. The van der Waals surface area contributed by atoms with Crippen LogP contribution in [0.1, 0.15) is 79.6 Å². The Morgan fingerprint density at radius 1 is 1.30 bits per heavy atom. The first-order valence-electron chi connectivity index (χ1n) is 11.7. The van der Waals surface area contributed by atoms with E-state index in [0.717, 1.165) is 38.5 Å². The molecule has 2 N–H and O–H groups in total. The average molecular weight is 414 g/mol. The molecular formula is C26H39NO3. The van der Waals surface area contributed by atoms with E-state index in [1.807, 2.05) is 0 Å². The first-order chi connectivity index (χ1) is 14.0. The van der Waals surface area contributed by atoms with Gasteiger partial charge in [-0.25, -0.2) is 0 Å². The molecule has 0 radical (unpaired) electrons. The highest BCUT2D eigenvalue weighted by Crippen LogP contribution is 2.63. The number of carbonyl (C=O) groups excluding carboxylic acids is 2. The average Bonchev–Trinajstić information content (AvgIpc) is 2.71. The van der Waals surface area contributed by atoms with E-state index in [1.165, 1.54) is 11.6 Å². The second-order valence-corrected chi connectivity index (χ2v) is 10.6. The molecule has 0 amide bonds. The Morgan fingerprint density at radius 3 is 2.67 bits per heavy atom. The summed E-state index contributed by atoms with van der Waals surface area (Å²) in [6.07, 6.45) is 8.23. The highest BCUT2D eigenvalue weighted by molar-refractivity contribution is 6.21. The molecule has 0 aliphatic heterocycles. The smallest absolute Gasteiger partial charge is 0.222 e. The SMILES string of the molecule is C=C1CCC[C@H]2[C@](C)(CC3=C(O)C(=O)C=C(NC[C@@H](C)CC)C3=O)[C@@H](C)CC[C@]12C. The molecule has 0 aromatic carbocycles. The Morgan fingerprint density at radius 2 is 2.00 bits per heavy atom. The fourth-order valence-electron chi connectivity index (χ4n) is 6.05. The molecule has 0 spiro atoms. The molecule has 0 bridgehead atoms. The van der Waals surface area contributed by atoms with E-state index >= 15 is 0 Å². The van der Waals surface area contributed by atoms with Gasteiger partial charge in [0.05, 0.1) is 5.70 Å². The number of nitrogens with one attached hydrogen (secondary N) is 1. The Labute approximate surface area is 181 Å². The maximum atomic E-state index is 13.3. The summed E-state index contributed by atoms with van der Waals surface area (Å²) in [5.74, 6) is 0.184. The van der Waals surface area contributed by atoms with E-state index in [-0.39, 0.29) is 22.4 Å². The standard InChI is InChI=1S/C26H39NO3/c1-7-16(2)15-27-20-13-21(28)24(30)19(23(20)29)14-26(6)18(4)11-12-25(5)17(3)9-8-10-22(25)26/h13,16,18,22,27,30H,3,7-12,14-15H2,1-2,4-6H3/t16-,18-,22+,25+,26+/m0/s1. The third-order valence-corrected chi connectivity index (χ3v) is 8.78. The molecule has 0 aromatic rings. The van der Waals surface area contributed by atoms with Gasteiger partial charge in [0.25, 0.3) is 0 Å². The highest BCUT2D eigenvalue weighted by Gasteiger charge is 2.54. The summed E-state index contributed by atoms with van der Waals surface area (Å²) in [5, 5.41) is 13.8. The normalized spacial score (nSPS) is 35.8. The number of fused-ring (bicyclic) bond motifs is 1. The van der Waals surface area contributed by atoms with Crippen LogP contribution in [0.5, 0.6) is 0 Å². The van der Waals surface area contributed by atoms with Crippen molar-refractivity contribution in [2.24, 2.45) is 28.6 Å². The van der Waals surface area contributed by atoms with Gasteiger partial charge in [0.2, 0.25) is 11.6 Å². The first-order valence-corrected chi connectivity index (χ1v) is 11.7. The molecule has 5 atom stereocenters. The Bertz CT molecular complexity index is 807. The minimum atomic E-state index is -0.459. The lowest BCUT2D eigenvalue weighted by Gasteiger charge is -2.59. The molecule has 30 heavy (non-hydrogen) atoms. The number of aliphatic hydroxyl groups excluding tert-OH is 1. The lowest BCUT2D eigenvalue weighted by Crippen LogP contribution is -2.51. The molecule has 0 aromatic heterocycles. The minimum Gasteiger partial charge on any atom is -0.504 e. The Balaban J connectivity index is 1.90. The van der Waals surface area contributed by atoms with Gasteiger partial charge in [-0.05, 0) is 67.1 Å². The van der Waals surface area contributed by atoms with Gasteiger partial charge in [0, 0.05) is 18.2 Å². The molecule has 4 nitrogen and oxygen atoms in total. The van der Waals surface area contributed by atoms with E-state index in [4.69, 9.17) is 0 Å². The number of Topliss-reactive ketones (excluding diaryl/α,β-unsaturated/α-hetero) is 1. The van der Waals surface area contributed by atoms with Crippen molar-refractivity contribution in [2.45, 2.75) is 79.6 Å². The largest absolute Gasteiger partial charge is 0.504 e. The second-order valence-electron chi connectivity index (χ2n) is 10.6. The van der Waals surface area contributed by atoms with E-state index in [2.05, 4.69) is 46.5 Å². The second kappa shape index (κ2) is 8.36. The minimum absolute atomic E-state index is 0.0743. The van der Waals surface area contributed by atoms with Gasteiger partial charge in [-0.15, -0.1) is 0 Å². The lowest BCUT2D eigenvalue weighted by molar-refractivity contribution is -0.119. The number of hydrogen-bond donors (Lipinski definition) is 2. The summed E-state index contributed by atoms with van der Waals surface area (Å²) in [5.41, 5.74) is 1.87. The van der Waals surface area contributed by atoms with Gasteiger partial charge >= 0.3 is 0 Å². The van der Waals surface area contributed by atoms with Crippen LogP contribution in [0.4, 0.5) is 0 Å². The van der Waals surface area contributed by atoms with Crippen LogP contribution in [0, 0.1) is 28.6 Å². The predicted molar refractivity (Wildman–Crippen MR) is 121 cm³/mol. The summed E-state index contributed by atoms with van der Waals surface area (Å²) in [7, 11) is 0. The fraction of sp³-hybridized carbons (Fsp3) is 0.692. The fourth-order valence-corrected chi connectivity index (χ4v) is 6.05. The van der Waals surface area contributed by atoms with Crippen LogP contribution in [-0.2, 0) is 9.59 Å². The molecule has 2 fully saturated rings.